The predicted molar refractivity (Wildman–Crippen MR) is 78.5 cm³/mol. The Kier molecular flexibility index (Phi) is 5.52. The highest BCUT2D eigenvalue weighted by Crippen LogP contribution is 2.16. The molecule has 0 aliphatic heterocycles. The molecule has 1 rings (SSSR count). The highest BCUT2D eigenvalue weighted by molar-refractivity contribution is 7.89. The Morgan fingerprint density at radius 1 is 1.21 bits per heavy atom. The van der Waals surface area contributed by atoms with E-state index in [0.717, 1.165) is 18.4 Å². The number of sulfonamides is 1. The monoisotopic (exact) mass is 284 g/mol. The van der Waals surface area contributed by atoms with E-state index in [2.05, 4.69) is 11.6 Å². The second kappa shape index (κ2) is 6.50. The van der Waals surface area contributed by atoms with Crippen molar-refractivity contribution in [3.8, 4) is 0 Å². The van der Waals surface area contributed by atoms with Crippen molar-refractivity contribution in [2.24, 2.45) is 5.73 Å². The van der Waals surface area contributed by atoms with Crippen LogP contribution in [0.25, 0.3) is 0 Å². The van der Waals surface area contributed by atoms with E-state index in [1.165, 1.54) is 0 Å². The summed E-state index contributed by atoms with van der Waals surface area (Å²) in [5, 5.41) is 0. The van der Waals surface area contributed by atoms with Gasteiger partial charge in [0.2, 0.25) is 10.0 Å². The van der Waals surface area contributed by atoms with E-state index in [4.69, 9.17) is 5.73 Å². The Hall–Kier alpha value is -0.910. The van der Waals surface area contributed by atoms with Crippen molar-refractivity contribution in [2.45, 2.75) is 50.5 Å². The first-order valence-corrected chi connectivity index (χ1v) is 8.18. The number of hydrogen-bond donors (Lipinski definition) is 2. The molecule has 1 atom stereocenters. The molecule has 4 nitrogen and oxygen atoms in total. The molecular weight excluding hydrogens is 260 g/mol. The molecule has 0 bridgehead atoms. The van der Waals surface area contributed by atoms with Crippen molar-refractivity contribution in [1.29, 1.82) is 0 Å². The minimum atomic E-state index is -3.50. The highest BCUT2D eigenvalue weighted by atomic mass is 32.2. The Bertz CT molecular complexity index is 491. The minimum Gasteiger partial charge on any atom is -0.329 e. The van der Waals surface area contributed by atoms with E-state index in [1.54, 1.807) is 12.1 Å². The maximum atomic E-state index is 12.3. The van der Waals surface area contributed by atoms with Crippen LogP contribution in [-0.2, 0) is 16.4 Å². The lowest BCUT2D eigenvalue weighted by atomic mass is 10.0. The standard InChI is InChI=1S/C14H24N2O2S/c1-4-6-12-7-9-13(10-8-12)19(17,18)16-14(3,5-2)11-15/h7-10,16H,4-6,11,15H2,1-3H3. The van der Waals surface area contributed by atoms with Crippen LogP contribution in [0.1, 0.15) is 39.2 Å². The van der Waals surface area contributed by atoms with Gasteiger partial charge in [0.15, 0.2) is 0 Å². The molecule has 0 radical (unpaired) electrons. The summed E-state index contributed by atoms with van der Waals surface area (Å²) in [6, 6.07) is 7.04. The van der Waals surface area contributed by atoms with Crippen LogP contribution < -0.4 is 10.5 Å². The number of hydrogen-bond acceptors (Lipinski definition) is 3. The van der Waals surface area contributed by atoms with E-state index in [9.17, 15) is 8.42 Å². The van der Waals surface area contributed by atoms with E-state index in [0.29, 0.717) is 11.3 Å². The van der Waals surface area contributed by atoms with Gasteiger partial charge in [0.1, 0.15) is 0 Å². The maximum absolute atomic E-state index is 12.3. The van der Waals surface area contributed by atoms with Gasteiger partial charge in [0.05, 0.1) is 4.90 Å². The molecule has 0 heterocycles. The van der Waals surface area contributed by atoms with Gasteiger partial charge in [-0.2, -0.15) is 0 Å². The van der Waals surface area contributed by atoms with Gasteiger partial charge >= 0.3 is 0 Å². The van der Waals surface area contributed by atoms with Crippen LogP contribution in [0.5, 0.6) is 0 Å². The molecule has 1 unspecified atom stereocenters. The van der Waals surface area contributed by atoms with Crippen LogP contribution in [-0.4, -0.2) is 20.5 Å². The maximum Gasteiger partial charge on any atom is 0.241 e. The van der Waals surface area contributed by atoms with Gasteiger partial charge in [-0.05, 0) is 37.5 Å². The Morgan fingerprint density at radius 2 is 1.79 bits per heavy atom. The van der Waals surface area contributed by atoms with Crippen molar-refractivity contribution in [3.63, 3.8) is 0 Å². The highest BCUT2D eigenvalue weighted by Gasteiger charge is 2.27. The minimum absolute atomic E-state index is 0.274. The summed E-state index contributed by atoms with van der Waals surface area (Å²) >= 11 is 0. The van der Waals surface area contributed by atoms with Crippen LogP contribution in [0.3, 0.4) is 0 Å². The lowest BCUT2D eigenvalue weighted by Gasteiger charge is -2.27. The number of nitrogens with two attached hydrogens (primary N) is 1. The molecule has 0 aromatic heterocycles. The summed E-state index contributed by atoms with van der Waals surface area (Å²) in [6.07, 6.45) is 2.66. The largest absolute Gasteiger partial charge is 0.329 e. The number of rotatable bonds is 7. The van der Waals surface area contributed by atoms with Crippen LogP contribution in [0, 0.1) is 0 Å². The Balaban J connectivity index is 2.94. The third-order valence-corrected chi connectivity index (χ3v) is 5.04. The van der Waals surface area contributed by atoms with Gasteiger partial charge in [-0.15, -0.1) is 0 Å². The van der Waals surface area contributed by atoms with E-state index < -0.39 is 15.6 Å². The van der Waals surface area contributed by atoms with Gasteiger partial charge < -0.3 is 5.73 Å². The summed E-state index contributed by atoms with van der Waals surface area (Å²) in [5.41, 5.74) is 6.19. The van der Waals surface area contributed by atoms with Crippen molar-refractivity contribution in [3.05, 3.63) is 29.8 Å². The molecule has 3 N–H and O–H groups in total. The van der Waals surface area contributed by atoms with Gasteiger partial charge in [0.25, 0.3) is 0 Å². The smallest absolute Gasteiger partial charge is 0.241 e. The van der Waals surface area contributed by atoms with E-state index in [-0.39, 0.29) is 6.54 Å². The zero-order chi connectivity index (χ0) is 14.5. The quantitative estimate of drug-likeness (QED) is 0.805. The summed E-state index contributed by atoms with van der Waals surface area (Å²) in [5.74, 6) is 0. The fourth-order valence-electron chi connectivity index (χ4n) is 1.77. The third-order valence-electron chi connectivity index (χ3n) is 3.38. The lowest BCUT2D eigenvalue weighted by molar-refractivity contribution is 0.411. The molecule has 1 aromatic rings. The van der Waals surface area contributed by atoms with Crippen molar-refractivity contribution >= 4 is 10.0 Å². The average molecular weight is 284 g/mol. The van der Waals surface area contributed by atoms with Crippen molar-refractivity contribution in [2.75, 3.05) is 6.54 Å². The van der Waals surface area contributed by atoms with Crippen LogP contribution in [0.2, 0.25) is 0 Å². The van der Waals surface area contributed by atoms with Crippen LogP contribution >= 0.6 is 0 Å². The summed E-state index contributed by atoms with van der Waals surface area (Å²) in [4.78, 5) is 0.292. The van der Waals surface area contributed by atoms with Crippen molar-refractivity contribution in [1.82, 2.24) is 4.72 Å². The molecule has 0 saturated heterocycles. The lowest BCUT2D eigenvalue weighted by Crippen LogP contribution is -2.50. The number of nitrogens with one attached hydrogen (secondary N) is 1. The molecule has 108 valence electrons. The summed E-state index contributed by atoms with van der Waals surface area (Å²) in [6.45, 7) is 6.10. The third kappa shape index (κ3) is 4.30. The molecular formula is C14H24N2O2S. The molecule has 5 heteroatoms. The van der Waals surface area contributed by atoms with Crippen LogP contribution in [0.15, 0.2) is 29.2 Å². The molecule has 0 saturated carbocycles. The molecule has 1 aromatic carbocycles. The molecule has 0 aliphatic carbocycles. The number of aryl methyl sites for hydroxylation is 1. The van der Waals surface area contributed by atoms with Crippen molar-refractivity contribution < 1.29 is 8.42 Å². The fraction of sp³-hybridized carbons (Fsp3) is 0.571. The Labute approximate surface area is 116 Å². The summed E-state index contributed by atoms with van der Waals surface area (Å²) in [7, 11) is -3.50. The van der Waals surface area contributed by atoms with Crippen LogP contribution in [0.4, 0.5) is 0 Å². The second-order valence-electron chi connectivity index (χ2n) is 5.12. The second-order valence-corrected chi connectivity index (χ2v) is 6.80. The zero-order valence-electron chi connectivity index (χ0n) is 11.9. The molecule has 0 amide bonds. The summed E-state index contributed by atoms with van der Waals surface area (Å²) < 4.78 is 27.2. The first kappa shape index (κ1) is 16.1. The van der Waals surface area contributed by atoms with Gasteiger partial charge in [0, 0.05) is 12.1 Å². The van der Waals surface area contributed by atoms with Gasteiger partial charge in [-0.25, -0.2) is 13.1 Å². The SMILES string of the molecule is CCCc1ccc(S(=O)(=O)NC(C)(CC)CN)cc1. The average Bonchev–Trinajstić information content (AvgIpc) is 2.39. The first-order chi connectivity index (χ1) is 8.87. The van der Waals surface area contributed by atoms with Gasteiger partial charge in [-0.1, -0.05) is 32.4 Å². The predicted octanol–water partition coefficient (Wildman–Crippen LogP) is 2.04. The van der Waals surface area contributed by atoms with E-state index in [1.807, 2.05) is 26.0 Å². The first-order valence-electron chi connectivity index (χ1n) is 6.70. The Morgan fingerprint density at radius 3 is 2.21 bits per heavy atom. The normalized spacial score (nSPS) is 15.2. The topological polar surface area (TPSA) is 72.2 Å². The molecule has 0 aliphatic rings. The fourth-order valence-corrected chi connectivity index (χ4v) is 3.25. The van der Waals surface area contributed by atoms with Gasteiger partial charge in [-0.3, -0.25) is 0 Å². The van der Waals surface area contributed by atoms with E-state index >= 15 is 0 Å². The number of benzene rings is 1. The molecule has 19 heavy (non-hydrogen) atoms. The molecule has 0 fully saturated rings. The zero-order valence-corrected chi connectivity index (χ0v) is 12.8. The molecule has 0 spiro atoms.